The number of nitrogens with zero attached hydrogens (tertiary/aromatic N) is 1. The van der Waals surface area contributed by atoms with E-state index < -0.39 is 0 Å². The van der Waals surface area contributed by atoms with Crippen molar-refractivity contribution in [1.82, 2.24) is 4.98 Å². The molecule has 1 rings (SSSR count). The summed E-state index contributed by atoms with van der Waals surface area (Å²) in [5.74, 6) is 0. The maximum atomic E-state index is 9.18. The minimum Gasteiger partial charge on any atom is -0.396 e. The molecular formula is C11H18N2O. The van der Waals surface area contributed by atoms with Crippen LogP contribution in [0.15, 0.2) is 18.3 Å². The predicted octanol–water partition coefficient (Wildman–Crippen LogP) is 1.41. The van der Waals surface area contributed by atoms with E-state index in [4.69, 9.17) is 5.73 Å². The molecule has 3 nitrogen and oxygen atoms in total. The quantitative estimate of drug-likeness (QED) is 0.764. The van der Waals surface area contributed by atoms with E-state index in [0.29, 0.717) is 0 Å². The van der Waals surface area contributed by atoms with Gasteiger partial charge in [-0.2, -0.15) is 0 Å². The number of aliphatic hydroxyl groups excluding tert-OH is 1. The molecule has 14 heavy (non-hydrogen) atoms. The Labute approximate surface area is 85.0 Å². The topological polar surface area (TPSA) is 59.1 Å². The molecule has 1 unspecified atom stereocenters. The predicted molar refractivity (Wildman–Crippen MR) is 56.8 cm³/mol. The van der Waals surface area contributed by atoms with Crippen LogP contribution in [0.3, 0.4) is 0 Å². The Balaban J connectivity index is 2.89. The van der Waals surface area contributed by atoms with Gasteiger partial charge in [-0.3, -0.25) is 4.98 Å². The van der Waals surface area contributed by atoms with Crippen LogP contribution in [0.25, 0.3) is 0 Å². The zero-order valence-corrected chi connectivity index (χ0v) is 8.99. The molecule has 1 heterocycles. The molecule has 0 saturated heterocycles. The van der Waals surface area contributed by atoms with E-state index in [1.54, 1.807) is 6.20 Å². The van der Waals surface area contributed by atoms with Crippen LogP contribution >= 0.6 is 0 Å². The monoisotopic (exact) mass is 194 g/mol. The molecule has 0 radical (unpaired) electrons. The lowest BCUT2D eigenvalue weighted by Gasteiger charge is -2.29. The van der Waals surface area contributed by atoms with Crippen molar-refractivity contribution >= 4 is 0 Å². The first-order valence-electron chi connectivity index (χ1n) is 4.76. The summed E-state index contributed by atoms with van der Waals surface area (Å²) in [6.07, 6.45) is 1.78. The zero-order valence-electron chi connectivity index (χ0n) is 8.99. The Morgan fingerprint density at radius 3 is 2.57 bits per heavy atom. The van der Waals surface area contributed by atoms with Crippen molar-refractivity contribution in [3.05, 3.63) is 29.6 Å². The second-order valence-corrected chi connectivity index (χ2v) is 4.36. The summed E-state index contributed by atoms with van der Waals surface area (Å²) in [5, 5.41) is 9.18. The number of pyridine rings is 1. The number of hydrogen-bond acceptors (Lipinski definition) is 3. The van der Waals surface area contributed by atoms with E-state index in [2.05, 4.69) is 4.98 Å². The largest absolute Gasteiger partial charge is 0.396 e. The lowest BCUT2D eigenvalue weighted by molar-refractivity contribution is 0.132. The molecule has 0 aromatic carbocycles. The number of aryl methyl sites for hydroxylation is 1. The molecule has 1 aromatic rings. The normalized spacial score (nSPS) is 14.1. The van der Waals surface area contributed by atoms with Gasteiger partial charge in [0, 0.05) is 30.0 Å². The van der Waals surface area contributed by atoms with E-state index >= 15 is 0 Å². The second-order valence-electron chi connectivity index (χ2n) is 4.36. The molecule has 0 amide bonds. The Bertz CT molecular complexity index is 293. The average molecular weight is 194 g/mol. The number of hydrogen-bond donors (Lipinski definition) is 2. The number of aliphatic hydroxyl groups is 1. The molecule has 0 spiro atoms. The Hall–Kier alpha value is -0.930. The zero-order chi connectivity index (χ0) is 10.8. The fraction of sp³-hybridized carbons (Fsp3) is 0.545. The van der Waals surface area contributed by atoms with E-state index in [-0.39, 0.29) is 18.1 Å². The lowest BCUT2D eigenvalue weighted by Crippen LogP contribution is -2.32. The molecule has 0 bridgehead atoms. The summed E-state index contributed by atoms with van der Waals surface area (Å²) >= 11 is 0. The molecule has 0 aliphatic rings. The van der Waals surface area contributed by atoms with Crippen molar-refractivity contribution in [2.45, 2.75) is 26.8 Å². The number of nitrogens with two attached hydrogens (primary N) is 1. The first-order chi connectivity index (χ1) is 6.47. The standard InChI is InChI=1S/C11H18N2O/c1-8-4-5-9(6-13-8)10(12)11(2,3)7-14/h4-6,10,14H,7,12H2,1-3H3. The van der Waals surface area contributed by atoms with Gasteiger partial charge in [0.05, 0.1) is 0 Å². The highest BCUT2D eigenvalue weighted by Gasteiger charge is 2.26. The highest BCUT2D eigenvalue weighted by atomic mass is 16.3. The van der Waals surface area contributed by atoms with Crippen molar-refractivity contribution in [2.75, 3.05) is 6.61 Å². The second kappa shape index (κ2) is 4.07. The smallest absolute Gasteiger partial charge is 0.0500 e. The van der Waals surface area contributed by atoms with Crippen LogP contribution in [-0.4, -0.2) is 16.7 Å². The summed E-state index contributed by atoms with van der Waals surface area (Å²) in [7, 11) is 0. The summed E-state index contributed by atoms with van der Waals surface area (Å²) < 4.78 is 0. The highest BCUT2D eigenvalue weighted by molar-refractivity contribution is 5.18. The van der Waals surface area contributed by atoms with Crippen LogP contribution in [-0.2, 0) is 0 Å². The van der Waals surface area contributed by atoms with Gasteiger partial charge in [0.15, 0.2) is 0 Å². The van der Waals surface area contributed by atoms with Crippen LogP contribution < -0.4 is 5.73 Å². The molecule has 3 N–H and O–H groups in total. The van der Waals surface area contributed by atoms with Crippen LogP contribution in [0.4, 0.5) is 0 Å². The van der Waals surface area contributed by atoms with Crippen molar-refractivity contribution in [2.24, 2.45) is 11.1 Å². The fourth-order valence-corrected chi connectivity index (χ4v) is 1.21. The van der Waals surface area contributed by atoms with Gasteiger partial charge >= 0.3 is 0 Å². The molecule has 0 fully saturated rings. The molecule has 1 aromatic heterocycles. The first kappa shape index (κ1) is 11.1. The summed E-state index contributed by atoms with van der Waals surface area (Å²) in [6.45, 7) is 5.89. The molecule has 3 heteroatoms. The van der Waals surface area contributed by atoms with Gasteiger partial charge in [-0.15, -0.1) is 0 Å². The van der Waals surface area contributed by atoms with Crippen molar-refractivity contribution in [3.8, 4) is 0 Å². The van der Waals surface area contributed by atoms with E-state index in [1.165, 1.54) is 0 Å². The van der Waals surface area contributed by atoms with E-state index in [0.717, 1.165) is 11.3 Å². The Morgan fingerprint density at radius 2 is 2.14 bits per heavy atom. The molecule has 78 valence electrons. The summed E-state index contributed by atoms with van der Waals surface area (Å²) in [5.41, 5.74) is 7.67. The van der Waals surface area contributed by atoms with Crippen molar-refractivity contribution in [1.29, 1.82) is 0 Å². The van der Waals surface area contributed by atoms with Crippen LogP contribution in [0.1, 0.15) is 31.1 Å². The van der Waals surface area contributed by atoms with Gasteiger partial charge in [0.25, 0.3) is 0 Å². The van der Waals surface area contributed by atoms with Gasteiger partial charge in [-0.1, -0.05) is 19.9 Å². The van der Waals surface area contributed by atoms with E-state index in [1.807, 2.05) is 32.9 Å². The third-order valence-corrected chi connectivity index (χ3v) is 2.54. The van der Waals surface area contributed by atoms with Gasteiger partial charge in [-0.25, -0.2) is 0 Å². The third-order valence-electron chi connectivity index (χ3n) is 2.54. The SMILES string of the molecule is Cc1ccc(C(N)C(C)(C)CO)cn1. The van der Waals surface area contributed by atoms with Gasteiger partial charge in [0.2, 0.25) is 0 Å². The van der Waals surface area contributed by atoms with Crippen LogP contribution in [0.5, 0.6) is 0 Å². The summed E-state index contributed by atoms with van der Waals surface area (Å²) in [6, 6.07) is 3.72. The van der Waals surface area contributed by atoms with Gasteiger partial charge in [-0.05, 0) is 18.6 Å². The van der Waals surface area contributed by atoms with E-state index in [9.17, 15) is 5.11 Å². The van der Waals surface area contributed by atoms with Gasteiger partial charge in [0.1, 0.15) is 0 Å². The summed E-state index contributed by atoms with van der Waals surface area (Å²) in [4.78, 5) is 4.19. The Morgan fingerprint density at radius 1 is 1.50 bits per heavy atom. The van der Waals surface area contributed by atoms with Crippen molar-refractivity contribution < 1.29 is 5.11 Å². The maximum Gasteiger partial charge on any atom is 0.0500 e. The number of rotatable bonds is 3. The molecule has 1 atom stereocenters. The minimum absolute atomic E-state index is 0.0715. The maximum absolute atomic E-state index is 9.18. The molecular weight excluding hydrogens is 176 g/mol. The number of aromatic nitrogens is 1. The van der Waals surface area contributed by atoms with Gasteiger partial charge < -0.3 is 10.8 Å². The third kappa shape index (κ3) is 2.30. The van der Waals surface area contributed by atoms with Crippen LogP contribution in [0.2, 0.25) is 0 Å². The lowest BCUT2D eigenvalue weighted by atomic mass is 9.82. The fourth-order valence-electron chi connectivity index (χ4n) is 1.21. The highest BCUT2D eigenvalue weighted by Crippen LogP contribution is 2.29. The molecule has 0 aliphatic carbocycles. The van der Waals surface area contributed by atoms with Crippen LogP contribution in [0, 0.1) is 12.3 Å². The average Bonchev–Trinajstić information content (AvgIpc) is 2.18. The Kier molecular flexibility index (Phi) is 3.24. The molecule has 0 aliphatic heterocycles. The first-order valence-corrected chi connectivity index (χ1v) is 4.76. The van der Waals surface area contributed by atoms with Crippen molar-refractivity contribution in [3.63, 3.8) is 0 Å². The minimum atomic E-state index is -0.309. The molecule has 0 saturated carbocycles.